The SMILES string of the molecule is O=C1CCNCC1c1cc2n(c(=O)n1)CCS2. The van der Waals surface area contributed by atoms with Gasteiger partial charge in [-0.2, -0.15) is 4.98 Å². The van der Waals surface area contributed by atoms with Gasteiger partial charge in [-0.15, -0.1) is 11.8 Å². The van der Waals surface area contributed by atoms with Gasteiger partial charge in [-0.05, 0) is 6.07 Å². The number of rotatable bonds is 1. The number of aromatic nitrogens is 2. The molecule has 0 radical (unpaired) electrons. The van der Waals surface area contributed by atoms with Gasteiger partial charge in [0.1, 0.15) is 5.78 Å². The molecule has 17 heavy (non-hydrogen) atoms. The highest BCUT2D eigenvalue weighted by atomic mass is 32.2. The van der Waals surface area contributed by atoms with Crippen LogP contribution in [0, 0.1) is 0 Å². The summed E-state index contributed by atoms with van der Waals surface area (Å²) in [4.78, 5) is 27.7. The Morgan fingerprint density at radius 3 is 3.18 bits per heavy atom. The molecule has 0 aromatic carbocycles. The molecule has 1 N–H and O–H groups in total. The first-order valence-electron chi connectivity index (χ1n) is 5.74. The molecule has 5 nitrogen and oxygen atoms in total. The molecule has 0 amide bonds. The van der Waals surface area contributed by atoms with Crippen LogP contribution in [0.15, 0.2) is 15.9 Å². The van der Waals surface area contributed by atoms with Gasteiger partial charge in [-0.25, -0.2) is 4.79 Å². The van der Waals surface area contributed by atoms with E-state index in [4.69, 9.17) is 0 Å². The zero-order valence-electron chi connectivity index (χ0n) is 9.31. The molecule has 90 valence electrons. The van der Waals surface area contributed by atoms with Crippen LogP contribution in [0.3, 0.4) is 0 Å². The maximum Gasteiger partial charge on any atom is 0.348 e. The number of nitrogens with one attached hydrogen (secondary N) is 1. The van der Waals surface area contributed by atoms with Crippen LogP contribution >= 0.6 is 11.8 Å². The van der Waals surface area contributed by atoms with Crippen molar-refractivity contribution in [3.8, 4) is 0 Å². The number of carbonyl (C=O) groups is 1. The fourth-order valence-corrected chi connectivity index (χ4v) is 3.28. The Balaban J connectivity index is 2.01. The summed E-state index contributed by atoms with van der Waals surface area (Å²) < 4.78 is 1.68. The molecule has 3 rings (SSSR count). The first kappa shape index (κ1) is 11.0. The number of hydrogen-bond donors (Lipinski definition) is 1. The highest BCUT2D eigenvalue weighted by Gasteiger charge is 2.27. The van der Waals surface area contributed by atoms with Crippen molar-refractivity contribution in [1.82, 2.24) is 14.9 Å². The Labute approximate surface area is 103 Å². The summed E-state index contributed by atoms with van der Waals surface area (Å²) in [6, 6.07) is 1.90. The quantitative estimate of drug-likeness (QED) is 0.712. The highest BCUT2D eigenvalue weighted by molar-refractivity contribution is 7.99. The van der Waals surface area contributed by atoms with Gasteiger partial charge < -0.3 is 5.32 Å². The lowest BCUT2D eigenvalue weighted by molar-refractivity contribution is -0.121. The minimum atomic E-state index is -0.247. The zero-order chi connectivity index (χ0) is 11.8. The Morgan fingerprint density at radius 1 is 1.47 bits per heavy atom. The summed E-state index contributed by atoms with van der Waals surface area (Å²) >= 11 is 1.65. The maximum absolute atomic E-state index is 11.8. The van der Waals surface area contributed by atoms with Gasteiger partial charge in [0.15, 0.2) is 0 Å². The standard InChI is InChI=1S/C11H13N3O2S/c15-9-1-2-12-6-7(9)8-5-10-14(3-4-17-10)11(16)13-8/h5,7,12H,1-4,6H2. The predicted molar refractivity (Wildman–Crippen MR) is 64.5 cm³/mol. The molecular weight excluding hydrogens is 238 g/mol. The Kier molecular flexibility index (Phi) is 2.76. The van der Waals surface area contributed by atoms with E-state index in [2.05, 4.69) is 10.3 Å². The molecule has 0 aliphatic carbocycles. The molecule has 0 saturated carbocycles. The second-order valence-electron chi connectivity index (χ2n) is 4.27. The van der Waals surface area contributed by atoms with E-state index in [-0.39, 0.29) is 17.4 Å². The van der Waals surface area contributed by atoms with Crippen LogP contribution in [0.4, 0.5) is 0 Å². The minimum Gasteiger partial charge on any atom is -0.315 e. The second kappa shape index (κ2) is 4.27. The number of ketones is 1. The van der Waals surface area contributed by atoms with E-state index in [0.29, 0.717) is 18.7 Å². The Morgan fingerprint density at radius 2 is 2.35 bits per heavy atom. The van der Waals surface area contributed by atoms with Crippen molar-refractivity contribution in [3.63, 3.8) is 0 Å². The van der Waals surface area contributed by atoms with Gasteiger partial charge in [0, 0.05) is 31.8 Å². The van der Waals surface area contributed by atoms with Crippen LogP contribution in [-0.4, -0.2) is 34.2 Å². The molecule has 2 aliphatic rings. The lowest BCUT2D eigenvalue weighted by atomic mass is 9.94. The number of fused-ring (bicyclic) bond motifs is 1. The van der Waals surface area contributed by atoms with Crippen molar-refractivity contribution in [2.75, 3.05) is 18.8 Å². The second-order valence-corrected chi connectivity index (χ2v) is 5.39. The normalized spacial score (nSPS) is 23.8. The lowest BCUT2D eigenvalue weighted by Gasteiger charge is -2.21. The van der Waals surface area contributed by atoms with E-state index in [0.717, 1.165) is 23.9 Å². The zero-order valence-corrected chi connectivity index (χ0v) is 10.1. The first-order chi connectivity index (χ1) is 8.25. The molecule has 2 aliphatic heterocycles. The molecule has 3 heterocycles. The number of thioether (sulfide) groups is 1. The van der Waals surface area contributed by atoms with Crippen molar-refractivity contribution >= 4 is 17.5 Å². The van der Waals surface area contributed by atoms with Crippen LogP contribution in [0.2, 0.25) is 0 Å². The van der Waals surface area contributed by atoms with Crippen molar-refractivity contribution in [2.24, 2.45) is 0 Å². The van der Waals surface area contributed by atoms with E-state index in [9.17, 15) is 9.59 Å². The minimum absolute atomic E-state index is 0.184. The molecule has 0 bridgehead atoms. The van der Waals surface area contributed by atoms with Crippen LogP contribution < -0.4 is 11.0 Å². The van der Waals surface area contributed by atoms with Crippen LogP contribution in [0.1, 0.15) is 18.0 Å². The molecule has 1 atom stereocenters. The Bertz CT molecular complexity index is 526. The Hall–Kier alpha value is -1.14. The number of Topliss-reactive ketones (excluding diaryl/α,β-unsaturated/α-hetero) is 1. The van der Waals surface area contributed by atoms with Crippen molar-refractivity contribution in [3.05, 3.63) is 22.2 Å². The summed E-state index contributed by atoms with van der Waals surface area (Å²) in [5, 5.41) is 4.12. The van der Waals surface area contributed by atoms with Gasteiger partial charge in [-0.1, -0.05) is 0 Å². The smallest absolute Gasteiger partial charge is 0.315 e. The lowest BCUT2D eigenvalue weighted by Crippen LogP contribution is -2.37. The fraction of sp³-hybridized carbons (Fsp3) is 0.545. The monoisotopic (exact) mass is 251 g/mol. The summed E-state index contributed by atoms with van der Waals surface area (Å²) in [5.74, 6) is 0.851. The number of hydrogen-bond acceptors (Lipinski definition) is 5. The molecule has 1 unspecified atom stereocenters. The van der Waals surface area contributed by atoms with E-state index < -0.39 is 0 Å². The van der Waals surface area contributed by atoms with E-state index in [1.54, 1.807) is 16.3 Å². The largest absolute Gasteiger partial charge is 0.348 e. The molecular formula is C11H13N3O2S. The van der Waals surface area contributed by atoms with E-state index in [1.165, 1.54) is 0 Å². The fourth-order valence-electron chi connectivity index (χ4n) is 2.26. The summed E-state index contributed by atoms with van der Waals surface area (Å²) in [6.07, 6.45) is 0.526. The van der Waals surface area contributed by atoms with E-state index >= 15 is 0 Å². The van der Waals surface area contributed by atoms with Gasteiger partial charge in [0.2, 0.25) is 0 Å². The molecule has 1 aromatic rings. The molecule has 6 heteroatoms. The third kappa shape index (κ3) is 1.91. The third-order valence-corrected chi connectivity index (χ3v) is 4.22. The van der Waals surface area contributed by atoms with Gasteiger partial charge in [-0.3, -0.25) is 9.36 Å². The summed E-state index contributed by atoms with van der Waals surface area (Å²) in [5.41, 5.74) is 0.411. The summed E-state index contributed by atoms with van der Waals surface area (Å²) in [7, 11) is 0. The highest BCUT2D eigenvalue weighted by Crippen LogP contribution is 2.26. The van der Waals surface area contributed by atoms with Crippen molar-refractivity contribution in [2.45, 2.75) is 23.9 Å². The van der Waals surface area contributed by atoms with Gasteiger partial charge in [0.25, 0.3) is 0 Å². The number of nitrogens with zero attached hydrogens (tertiary/aromatic N) is 2. The van der Waals surface area contributed by atoms with Crippen LogP contribution in [-0.2, 0) is 11.3 Å². The molecule has 1 aromatic heterocycles. The van der Waals surface area contributed by atoms with Gasteiger partial charge in [0.05, 0.1) is 16.6 Å². The van der Waals surface area contributed by atoms with E-state index in [1.807, 2.05) is 6.07 Å². The van der Waals surface area contributed by atoms with Crippen LogP contribution in [0.5, 0.6) is 0 Å². The topological polar surface area (TPSA) is 64.0 Å². The molecule has 1 saturated heterocycles. The van der Waals surface area contributed by atoms with Crippen molar-refractivity contribution < 1.29 is 4.79 Å². The maximum atomic E-state index is 11.8. The van der Waals surface area contributed by atoms with Gasteiger partial charge >= 0.3 is 5.69 Å². The first-order valence-corrected chi connectivity index (χ1v) is 6.72. The molecule has 1 fully saturated rings. The van der Waals surface area contributed by atoms with Crippen LogP contribution in [0.25, 0.3) is 0 Å². The average molecular weight is 251 g/mol. The average Bonchev–Trinajstić information content (AvgIpc) is 2.78. The predicted octanol–water partition coefficient (Wildman–Crippen LogP) is -0.00500. The number of piperidine rings is 1. The summed E-state index contributed by atoms with van der Waals surface area (Å²) in [6.45, 7) is 2.05. The molecule has 0 spiro atoms. The van der Waals surface area contributed by atoms with Crippen molar-refractivity contribution in [1.29, 1.82) is 0 Å². The number of carbonyl (C=O) groups excluding carboxylic acids is 1. The third-order valence-electron chi connectivity index (χ3n) is 3.20.